The molecular weight excluding hydrogens is 430 g/mol. The van der Waals surface area contributed by atoms with E-state index in [0.717, 1.165) is 23.0 Å². The average molecular weight is 462 g/mol. The summed E-state index contributed by atoms with van der Waals surface area (Å²) in [5, 5.41) is 2.84. The molecule has 0 atom stereocenters. The van der Waals surface area contributed by atoms with Crippen molar-refractivity contribution in [3.8, 4) is 5.75 Å². The van der Waals surface area contributed by atoms with Crippen LogP contribution in [-0.4, -0.2) is 71.8 Å². The molecule has 0 unspecified atom stereocenters. The fourth-order valence-corrected chi connectivity index (χ4v) is 4.81. The van der Waals surface area contributed by atoms with Gasteiger partial charge in [-0.3, -0.25) is 14.0 Å². The number of benzene rings is 2. The Morgan fingerprint density at radius 2 is 1.75 bits per heavy atom. The number of ether oxygens (including phenoxy) is 2. The Labute approximate surface area is 190 Å². The van der Waals surface area contributed by atoms with Gasteiger partial charge in [-0.15, -0.1) is 0 Å². The summed E-state index contributed by atoms with van der Waals surface area (Å²) in [4.78, 5) is 15.0. The zero-order chi connectivity index (χ0) is 23.0. The van der Waals surface area contributed by atoms with E-state index in [1.54, 1.807) is 24.3 Å². The molecule has 3 rings (SSSR count). The molecule has 0 saturated carbocycles. The number of carbonyl (C=O) groups excluding carboxylic acids is 1. The van der Waals surface area contributed by atoms with E-state index in [9.17, 15) is 13.2 Å². The molecule has 1 N–H and O–H groups in total. The zero-order valence-electron chi connectivity index (χ0n) is 18.6. The van der Waals surface area contributed by atoms with Gasteiger partial charge in [0.15, 0.2) is 0 Å². The molecule has 8 nitrogen and oxygen atoms in total. The smallest absolute Gasteiger partial charge is 0.264 e. The zero-order valence-corrected chi connectivity index (χ0v) is 19.4. The maximum absolute atomic E-state index is 13.4. The van der Waals surface area contributed by atoms with Crippen molar-refractivity contribution in [2.24, 2.45) is 0 Å². The van der Waals surface area contributed by atoms with Crippen LogP contribution in [-0.2, 0) is 19.6 Å². The van der Waals surface area contributed by atoms with Crippen molar-refractivity contribution < 1.29 is 22.7 Å². The maximum Gasteiger partial charge on any atom is 0.264 e. The highest BCUT2D eigenvalue weighted by Crippen LogP contribution is 2.25. The second-order valence-corrected chi connectivity index (χ2v) is 9.42. The van der Waals surface area contributed by atoms with Gasteiger partial charge < -0.3 is 14.8 Å². The van der Waals surface area contributed by atoms with E-state index in [0.29, 0.717) is 44.3 Å². The molecule has 0 aromatic heterocycles. The fourth-order valence-electron chi connectivity index (χ4n) is 3.39. The third kappa shape index (κ3) is 6.44. The van der Waals surface area contributed by atoms with Crippen LogP contribution in [0.5, 0.6) is 5.75 Å². The molecule has 0 radical (unpaired) electrons. The minimum absolute atomic E-state index is 0.0997. The van der Waals surface area contributed by atoms with Gasteiger partial charge in [0.1, 0.15) is 12.3 Å². The fraction of sp³-hybridized carbons (Fsp3) is 0.435. The molecule has 2 aromatic carbocycles. The number of carbonyl (C=O) groups is 1. The number of nitrogens with one attached hydrogen (secondary N) is 1. The van der Waals surface area contributed by atoms with Crippen molar-refractivity contribution in [2.75, 3.05) is 56.8 Å². The highest BCUT2D eigenvalue weighted by Gasteiger charge is 2.27. The van der Waals surface area contributed by atoms with Crippen molar-refractivity contribution >= 4 is 21.6 Å². The second-order valence-electron chi connectivity index (χ2n) is 7.56. The predicted octanol–water partition coefficient (Wildman–Crippen LogP) is 2.04. The van der Waals surface area contributed by atoms with Crippen LogP contribution < -0.4 is 14.4 Å². The van der Waals surface area contributed by atoms with Crippen LogP contribution >= 0.6 is 0 Å². The Morgan fingerprint density at radius 3 is 2.38 bits per heavy atom. The van der Waals surface area contributed by atoms with Crippen LogP contribution in [0.1, 0.15) is 12.5 Å². The minimum atomic E-state index is -3.95. The molecule has 0 bridgehead atoms. The highest BCUT2D eigenvalue weighted by atomic mass is 32.2. The molecular formula is C23H31N3O5S. The first-order valence-corrected chi connectivity index (χ1v) is 12.2. The van der Waals surface area contributed by atoms with Gasteiger partial charge in [0.05, 0.1) is 30.4 Å². The van der Waals surface area contributed by atoms with Crippen molar-refractivity contribution in [3.63, 3.8) is 0 Å². The van der Waals surface area contributed by atoms with Gasteiger partial charge in [-0.2, -0.15) is 0 Å². The number of anilines is 1. The van der Waals surface area contributed by atoms with Gasteiger partial charge in [0.2, 0.25) is 5.91 Å². The summed E-state index contributed by atoms with van der Waals surface area (Å²) < 4.78 is 38.7. The van der Waals surface area contributed by atoms with Crippen molar-refractivity contribution in [1.29, 1.82) is 0 Å². The minimum Gasteiger partial charge on any atom is -0.494 e. The van der Waals surface area contributed by atoms with E-state index in [4.69, 9.17) is 9.47 Å². The van der Waals surface area contributed by atoms with Crippen LogP contribution in [0.15, 0.2) is 53.4 Å². The van der Waals surface area contributed by atoms with Gasteiger partial charge in [-0.1, -0.05) is 17.7 Å². The number of morpholine rings is 1. The Hall–Kier alpha value is -2.62. The van der Waals surface area contributed by atoms with E-state index in [-0.39, 0.29) is 17.3 Å². The number of hydrogen-bond donors (Lipinski definition) is 1. The van der Waals surface area contributed by atoms with E-state index in [1.165, 1.54) is 12.1 Å². The van der Waals surface area contributed by atoms with E-state index in [1.807, 2.05) is 26.0 Å². The number of aryl methyl sites for hydroxylation is 1. The Morgan fingerprint density at radius 1 is 1.09 bits per heavy atom. The van der Waals surface area contributed by atoms with Crippen LogP contribution in [0.25, 0.3) is 0 Å². The number of hydrogen-bond acceptors (Lipinski definition) is 6. The maximum atomic E-state index is 13.4. The molecule has 1 aliphatic rings. The van der Waals surface area contributed by atoms with Crippen LogP contribution in [0.3, 0.4) is 0 Å². The molecule has 1 saturated heterocycles. The third-order valence-electron chi connectivity index (χ3n) is 5.19. The monoisotopic (exact) mass is 461 g/mol. The molecule has 0 aliphatic carbocycles. The standard InChI is InChI=1S/C23H31N3O5S/c1-3-31-21-8-10-22(11-9-21)32(28,29)26(20-6-4-19(2)5-7-20)18-23(27)24-12-13-25-14-16-30-17-15-25/h4-11H,3,12-18H2,1-2H3,(H,24,27). The lowest BCUT2D eigenvalue weighted by Crippen LogP contribution is -2.44. The Kier molecular flexibility index (Phi) is 8.49. The largest absolute Gasteiger partial charge is 0.494 e. The summed E-state index contributed by atoms with van der Waals surface area (Å²) in [6.07, 6.45) is 0. The first kappa shape index (κ1) is 24.0. The SMILES string of the molecule is CCOc1ccc(S(=O)(=O)N(CC(=O)NCCN2CCOCC2)c2ccc(C)cc2)cc1. The summed E-state index contributed by atoms with van der Waals surface area (Å²) in [5.74, 6) is 0.238. The van der Waals surface area contributed by atoms with E-state index < -0.39 is 10.0 Å². The third-order valence-corrected chi connectivity index (χ3v) is 6.97. The van der Waals surface area contributed by atoms with E-state index in [2.05, 4.69) is 10.2 Å². The van der Waals surface area contributed by atoms with Gasteiger partial charge in [-0.05, 0) is 50.2 Å². The van der Waals surface area contributed by atoms with Crippen molar-refractivity contribution in [1.82, 2.24) is 10.2 Å². The summed E-state index contributed by atoms with van der Waals surface area (Å²) in [6.45, 7) is 8.16. The Bertz CT molecular complexity index is 972. The van der Waals surface area contributed by atoms with Crippen LogP contribution in [0.2, 0.25) is 0 Å². The van der Waals surface area contributed by atoms with Gasteiger partial charge in [0.25, 0.3) is 10.0 Å². The molecule has 9 heteroatoms. The molecule has 174 valence electrons. The average Bonchev–Trinajstić information content (AvgIpc) is 2.79. The highest BCUT2D eigenvalue weighted by molar-refractivity contribution is 7.92. The number of amides is 1. The van der Waals surface area contributed by atoms with Crippen molar-refractivity contribution in [3.05, 3.63) is 54.1 Å². The lowest BCUT2D eigenvalue weighted by atomic mass is 10.2. The van der Waals surface area contributed by atoms with Crippen LogP contribution in [0, 0.1) is 6.92 Å². The predicted molar refractivity (Wildman–Crippen MR) is 124 cm³/mol. The molecule has 1 fully saturated rings. The second kappa shape index (κ2) is 11.3. The van der Waals surface area contributed by atoms with Gasteiger partial charge >= 0.3 is 0 Å². The summed E-state index contributed by atoms with van der Waals surface area (Å²) in [6, 6.07) is 13.3. The molecule has 32 heavy (non-hydrogen) atoms. The first-order chi connectivity index (χ1) is 15.4. The lowest BCUT2D eigenvalue weighted by molar-refractivity contribution is -0.119. The molecule has 1 heterocycles. The molecule has 2 aromatic rings. The summed E-state index contributed by atoms with van der Waals surface area (Å²) >= 11 is 0. The van der Waals surface area contributed by atoms with Gasteiger partial charge in [-0.25, -0.2) is 8.42 Å². The number of sulfonamides is 1. The topological polar surface area (TPSA) is 88.2 Å². The lowest BCUT2D eigenvalue weighted by Gasteiger charge is -2.27. The Balaban J connectivity index is 1.74. The number of rotatable bonds is 10. The first-order valence-electron chi connectivity index (χ1n) is 10.8. The number of nitrogens with zero attached hydrogens (tertiary/aromatic N) is 2. The van der Waals surface area contributed by atoms with Crippen LogP contribution in [0.4, 0.5) is 5.69 Å². The summed E-state index contributed by atoms with van der Waals surface area (Å²) in [5.41, 5.74) is 1.44. The van der Waals surface area contributed by atoms with Crippen molar-refractivity contribution in [2.45, 2.75) is 18.7 Å². The molecule has 0 spiro atoms. The van der Waals surface area contributed by atoms with Gasteiger partial charge in [0, 0.05) is 26.2 Å². The molecule has 1 amide bonds. The van der Waals surface area contributed by atoms with E-state index >= 15 is 0 Å². The normalized spacial score (nSPS) is 14.7. The summed E-state index contributed by atoms with van der Waals surface area (Å²) in [7, 11) is -3.95. The molecule has 1 aliphatic heterocycles. The quantitative estimate of drug-likeness (QED) is 0.583.